The molecule has 54 heavy (non-hydrogen) atoms. The van der Waals surface area contributed by atoms with Crippen LogP contribution in [0.3, 0.4) is 0 Å². The van der Waals surface area contributed by atoms with Crippen LogP contribution >= 0.6 is 0 Å². The van der Waals surface area contributed by atoms with E-state index in [9.17, 15) is 5.26 Å². The van der Waals surface area contributed by atoms with E-state index in [-0.39, 0.29) is 0 Å². The van der Waals surface area contributed by atoms with Crippen molar-refractivity contribution in [2.24, 2.45) is 0 Å². The molecule has 0 spiro atoms. The summed E-state index contributed by atoms with van der Waals surface area (Å²) in [6.07, 6.45) is 0. The third-order valence-corrected chi connectivity index (χ3v) is 10.5. The minimum atomic E-state index is 0.564. The van der Waals surface area contributed by atoms with Crippen LogP contribution in [-0.2, 0) is 0 Å². The molecule has 0 unspecified atom stereocenters. The molecule has 0 aliphatic rings. The average Bonchev–Trinajstić information content (AvgIpc) is 3.72. The maximum absolute atomic E-state index is 11.1. The standard InChI is InChI=1S/C49H33N5/c1-31-25-43(52-32(2)51-31)42-29-46(53-44-19-11-9-17-38(44)40-23-21-35(26-47(40)53)33-13-5-3-6-14-33)37(30-50)28-49(42)54-45-20-12-10-18-39(45)41-24-22-36(27-48(41)54)34-15-7-4-8-16-34/h3-29H,1-2H3. The first-order valence-electron chi connectivity index (χ1n) is 18.1. The lowest BCUT2D eigenvalue weighted by Gasteiger charge is -2.19. The molecule has 5 heteroatoms. The van der Waals surface area contributed by atoms with Gasteiger partial charge in [0.1, 0.15) is 11.9 Å². The molecular formula is C49H33N5. The van der Waals surface area contributed by atoms with E-state index in [0.29, 0.717) is 11.4 Å². The highest BCUT2D eigenvalue weighted by molar-refractivity contribution is 6.12. The van der Waals surface area contributed by atoms with Crippen molar-refractivity contribution in [2.75, 3.05) is 0 Å². The molecule has 10 aromatic rings. The zero-order valence-corrected chi connectivity index (χ0v) is 29.8. The van der Waals surface area contributed by atoms with Crippen molar-refractivity contribution < 1.29 is 0 Å². The van der Waals surface area contributed by atoms with E-state index >= 15 is 0 Å². The second-order valence-corrected chi connectivity index (χ2v) is 13.8. The Balaban J connectivity index is 1.32. The summed E-state index contributed by atoms with van der Waals surface area (Å²) in [6, 6.07) is 60.1. The SMILES string of the molecule is Cc1cc(-c2cc(-n3c4ccccc4c4ccc(-c5ccccc5)cc43)c(C#N)cc2-n2c3ccccc3c3ccc(-c4ccccc4)cc32)nc(C)n1. The van der Waals surface area contributed by atoms with Gasteiger partial charge in [0, 0.05) is 32.8 Å². The second kappa shape index (κ2) is 12.4. The van der Waals surface area contributed by atoms with Gasteiger partial charge in [0.05, 0.1) is 44.7 Å². The summed E-state index contributed by atoms with van der Waals surface area (Å²) in [5.41, 5.74) is 13.6. The number of para-hydroxylation sites is 2. The number of aromatic nitrogens is 4. The quantitative estimate of drug-likeness (QED) is 0.180. The Hall–Kier alpha value is -7.29. The van der Waals surface area contributed by atoms with E-state index in [1.165, 1.54) is 0 Å². The molecule has 5 nitrogen and oxygen atoms in total. The number of hydrogen-bond donors (Lipinski definition) is 0. The monoisotopic (exact) mass is 691 g/mol. The van der Waals surface area contributed by atoms with Crippen LogP contribution in [0.5, 0.6) is 0 Å². The Morgan fingerprint density at radius 2 is 0.944 bits per heavy atom. The number of aryl methyl sites for hydroxylation is 2. The molecule has 10 rings (SSSR count). The molecule has 0 amide bonds. The summed E-state index contributed by atoms with van der Waals surface area (Å²) >= 11 is 0. The van der Waals surface area contributed by atoms with E-state index in [1.54, 1.807) is 0 Å². The van der Waals surface area contributed by atoms with Crippen LogP contribution in [0.15, 0.2) is 164 Å². The average molecular weight is 692 g/mol. The third-order valence-electron chi connectivity index (χ3n) is 10.5. The highest BCUT2D eigenvalue weighted by Crippen LogP contribution is 2.42. The van der Waals surface area contributed by atoms with Gasteiger partial charge in [-0.3, -0.25) is 0 Å². The normalized spacial score (nSPS) is 11.5. The van der Waals surface area contributed by atoms with Gasteiger partial charge in [-0.2, -0.15) is 5.26 Å². The van der Waals surface area contributed by atoms with Gasteiger partial charge >= 0.3 is 0 Å². The zero-order valence-electron chi connectivity index (χ0n) is 29.8. The minimum absolute atomic E-state index is 0.564. The largest absolute Gasteiger partial charge is 0.308 e. The summed E-state index contributed by atoms with van der Waals surface area (Å²) in [6.45, 7) is 3.94. The molecule has 0 atom stereocenters. The predicted molar refractivity (Wildman–Crippen MR) is 221 cm³/mol. The molecule has 254 valence electrons. The van der Waals surface area contributed by atoms with E-state index in [2.05, 4.69) is 166 Å². The lowest BCUT2D eigenvalue weighted by molar-refractivity contribution is 1.01. The summed E-state index contributed by atoms with van der Waals surface area (Å²) < 4.78 is 4.56. The highest BCUT2D eigenvalue weighted by atomic mass is 15.0. The van der Waals surface area contributed by atoms with Crippen molar-refractivity contribution in [3.05, 3.63) is 181 Å². The van der Waals surface area contributed by atoms with Gasteiger partial charge in [-0.05, 0) is 78.6 Å². The maximum Gasteiger partial charge on any atom is 0.126 e. The van der Waals surface area contributed by atoms with Crippen molar-refractivity contribution in [2.45, 2.75) is 13.8 Å². The molecule has 0 aliphatic heterocycles. The van der Waals surface area contributed by atoms with Crippen molar-refractivity contribution in [1.29, 1.82) is 5.26 Å². The lowest BCUT2D eigenvalue weighted by atomic mass is 10.0. The van der Waals surface area contributed by atoms with E-state index in [0.717, 1.165) is 94.2 Å². The molecule has 3 heterocycles. The fourth-order valence-corrected chi connectivity index (χ4v) is 8.18. The smallest absolute Gasteiger partial charge is 0.126 e. The molecular weight excluding hydrogens is 659 g/mol. The van der Waals surface area contributed by atoms with Crippen LogP contribution in [0.1, 0.15) is 17.1 Å². The first-order valence-corrected chi connectivity index (χ1v) is 18.1. The van der Waals surface area contributed by atoms with E-state index < -0.39 is 0 Å². The predicted octanol–water partition coefficient (Wildman–Crippen LogP) is 12.2. The first kappa shape index (κ1) is 31.4. The number of hydrogen-bond acceptors (Lipinski definition) is 3. The topological polar surface area (TPSA) is 59.4 Å². The third kappa shape index (κ3) is 5.00. The summed E-state index contributed by atoms with van der Waals surface area (Å²) in [5.74, 6) is 0.694. The molecule has 0 fully saturated rings. The van der Waals surface area contributed by atoms with Gasteiger partial charge in [-0.1, -0.05) is 121 Å². The van der Waals surface area contributed by atoms with Crippen LogP contribution in [0.25, 0.3) is 88.5 Å². The fourth-order valence-electron chi connectivity index (χ4n) is 8.18. The molecule has 0 saturated carbocycles. The van der Waals surface area contributed by atoms with Gasteiger partial charge in [0.25, 0.3) is 0 Å². The number of nitriles is 1. The van der Waals surface area contributed by atoms with Crippen molar-refractivity contribution in [3.63, 3.8) is 0 Å². The van der Waals surface area contributed by atoms with Gasteiger partial charge in [0.2, 0.25) is 0 Å². The zero-order chi connectivity index (χ0) is 36.3. The molecule has 0 radical (unpaired) electrons. The van der Waals surface area contributed by atoms with Crippen LogP contribution in [0, 0.1) is 25.2 Å². The Bertz CT molecular complexity index is 3110. The molecule has 0 N–H and O–H groups in total. The second-order valence-electron chi connectivity index (χ2n) is 13.8. The Kier molecular flexibility index (Phi) is 7.24. The first-order chi connectivity index (χ1) is 26.6. The summed E-state index contributed by atoms with van der Waals surface area (Å²) in [7, 11) is 0. The number of rotatable bonds is 5. The van der Waals surface area contributed by atoms with Crippen molar-refractivity contribution in [1.82, 2.24) is 19.1 Å². The number of nitrogens with zero attached hydrogens (tertiary/aromatic N) is 5. The van der Waals surface area contributed by atoms with Gasteiger partial charge in [-0.25, -0.2) is 9.97 Å². The molecule has 0 bridgehead atoms. The van der Waals surface area contributed by atoms with Crippen LogP contribution in [0.4, 0.5) is 0 Å². The van der Waals surface area contributed by atoms with Gasteiger partial charge in [0.15, 0.2) is 0 Å². The van der Waals surface area contributed by atoms with E-state index in [1.807, 2.05) is 32.0 Å². The van der Waals surface area contributed by atoms with Gasteiger partial charge in [-0.15, -0.1) is 0 Å². The fraction of sp³-hybridized carbons (Fsp3) is 0.0408. The Morgan fingerprint density at radius 1 is 0.444 bits per heavy atom. The highest BCUT2D eigenvalue weighted by Gasteiger charge is 2.23. The van der Waals surface area contributed by atoms with E-state index in [4.69, 9.17) is 4.98 Å². The van der Waals surface area contributed by atoms with Crippen molar-refractivity contribution >= 4 is 43.6 Å². The molecule has 0 saturated heterocycles. The molecule has 0 aliphatic carbocycles. The number of benzene rings is 7. The Morgan fingerprint density at radius 3 is 1.48 bits per heavy atom. The lowest BCUT2D eigenvalue weighted by Crippen LogP contribution is -2.05. The number of fused-ring (bicyclic) bond motifs is 6. The summed E-state index contributed by atoms with van der Waals surface area (Å²) in [5, 5.41) is 15.6. The Labute approximate surface area is 312 Å². The molecule has 7 aromatic carbocycles. The molecule has 3 aromatic heterocycles. The summed E-state index contributed by atoms with van der Waals surface area (Å²) in [4.78, 5) is 9.69. The van der Waals surface area contributed by atoms with Crippen LogP contribution in [0.2, 0.25) is 0 Å². The minimum Gasteiger partial charge on any atom is -0.308 e. The van der Waals surface area contributed by atoms with Crippen LogP contribution < -0.4 is 0 Å². The van der Waals surface area contributed by atoms with Crippen LogP contribution in [-0.4, -0.2) is 19.1 Å². The van der Waals surface area contributed by atoms with Gasteiger partial charge < -0.3 is 9.13 Å². The van der Waals surface area contributed by atoms with Crippen molar-refractivity contribution in [3.8, 4) is 51.0 Å². The maximum atomic E-state index is 11.1.